The molecule has 0 aliphatic carbocycles. The topological polar surface area (TPSA) is 40.5 Å². The average molecular weight is 394 g/mol. The predicted octanol–water partition coefficient (Wildman–Crippen LogP) is 5.83. The largest absolute Gasteiger partial charge is 0.338 e. The fourth-order valence-corrected chi connectivity index (χ4v) is 5.75. The van der Waals surface area contributed by atoms with Crippen molar-refractivity contribution >= 4 is 29.7 Å². The first-order valence-corrected chi connectivity index (χ1v) is 16.1. The zero-order chi connectivity index (χ0) is 15.9. The molecule has 6 heteroatoms. The second-order valence-electron chi connectivity index (χ2n) is 5.88. The van der Waals surface area contributed by atoms with Gasteiger partial charge in [-0.3, -0.25) is 0 Å². The van der Waals surface area contributed by atoms with Gasteiger partial charge >= 0.3 is 105 Å². The van der Waals surface area contributed by atoms with Gasteiger partial charge in [-0.1, -0.05) is 12.2 Å². The predicted molar refractivity (Wildman–Crippen MR) is 94.8 cm³/mol. The molecule has 0 aromatic rings. The molecule has 0 aliphatic heterocycles. The summed E-state index contributed by atoms with van der Waals surface area (Å²) in [6.45, 7) is 6.98. The maximum Gasteiger partial charge on any atom is 0.239 e. The van der Waals surface area contributed by atoms with Crippen LogP contribution in [0, 0.1) is 5.92 Å². The van der Waals surface area contributed by atoms with Crippen LogP contribution < -0.4 is 0 Å². The Hall–Kier alpha value is 1.54. The van der Waals surface area contributed by atoms with E-state index >= 15 is 0 Å². The molecule has 2 N–H and O–H groups in total. The Labute approximate surface area is 144 Å². The molecule has 0 aliphatic rings. The van der Waals surface area contributed by atoms with Crippen LogP contribution in [-0.2, 0) is 28.9 Å². The maximum absolute atomic E-state index is 7.87. The number of thiol groups is 1. The number of hydrogen-bond acceptors (Lipinski definition) is 1. The molecular formula is C14H33O2PS2Zn. The van der Waals surface area contributed by atoms with Crippen LogP contribution in [0.2, 0.25) is 10.0 Å². The first kappa shape index (κ1) is 23.8. The van der Waals surface area contributed by atoms with Crippen molar-refractivity contribution in [2.75, 3.05) is 0 Å². The molecule has 0 unspecified atom stereocenters. The van der Waals surface area contributed by atoms with E-state index in [0.29, 0.717) is 0 Å². The smallest absolute Gasteiger partial charge is 0.239 e. The molecule has 0 atom stereocenters. The second kappa shape index (κ2) is 16.9. The third kappa shape index (κ3) is 36.6. The second-order valence-corrected chi connectivity index (χ2v) is 15.4. The van der Waals surface area contributed by atoms with E-state index in [1.807, 2.05) is 0 Å². The van der Waals surface area contributed by atoms with Crippen molar-refractivity contribution < 1.29 is 26.9 Å². The third-order valence-corrected chi connectivity index (χ3v) is 7.33. The summed E-state index contributed by atoms with van der Waals surface area (Å²) < 4.78 is 0. The fourth-order valence-electron chi connectivity index (χ4n) is 2.04. The SMILES string of the molecule is CCCCC[CH2][Zn][CH2]CCCCC(C)C.OP(O)(=S)S. The van der Waals surface area contributed by atoms with E-state index in [-0.39, 0.29) is 17.1 Å². The Balaban J connectivity index is 0. The molecule has 2 nitrogen and oxygen atoms in total. The van der Waals surface area contributed by atoms with Gasteiger partial charge in [0, 0.05) is 0 Å². The van der Waals surface area contributed by atoms with Crippen LogP contribution >= 0.6 is 17.9 Å². The number of rotatable bonds is 11. The minimum Gasteiger partial charge on any atom is -0.338 e. The molecule has 0 aromatic heterocycles. The number of hydrogen-bond donors (Lipinski definition) is 3. The van der Waals surface area contributed by atoms with Crippen molar-refractivity contribution in [3.63, 3.8) is 0 Å². The van der Waals surface area contributed by atoms with E-state index in [4.69, 9.17) is 9.79 Å². The van der Waals surface area contributed by atoms with Gasteiger partial charge in [0.1, 0.15) is 0 Å². The van der Waals surface area contributed by atoms with Crippen LogP contribution in [0.4, 0.5) is 0 Å². The molecule has 0 heterocycles. The Morgan fingerprint density at radius 3 is 1.85 bits per heavy atom. The van der Waals surface area contributed by atoms with Crippen molar-refractivity contribution in [1.82, 2.24) is 0 Å². The molecule has 0 saturated heterocycles. The minimum atomic E-state index is -3.11. The van der Waals surface area contributed by atoms with Crippen molar-refractivity contribution in [2.45, 2.75) is 82.2 Å². The monoisotopic (exact) mass is 392 g/mol. The summed E-state index contributed by atoms with van der Waals surface area (Å²) in [4.78, 5) is 15.7. The molecule has 120 valence electrons. The molecule has 0 amide bonds. The molecule has 0 fully saturated rings. The van der Waals surface area contributed by atoms with Gasteiger partial charge in [0.15, 0.2) is 0 Å². The summed E-state index contributed by atoms with van der Waals surface area (Å²) in [6.07, 6.45) is 11.9. The van der Waals surface area contributed by atoms with E-state index in [2.05, 4.69) is 44.8 Å². The van der Waals surface area contributed by atoms with Crippen molar-refractivity contribution in [1.29, 1.82) is 0 Å². The fraction of sp³-hybridized carbons (Fsp3) is 1.00. The standard InChI is InChI=1S/C8H17.C6H13.H3O2PS2.Zn/c1-4-5-6-7-8(2)3;1-3-5-6-4-2;1-3(2,4)5;/h8H,1,4-7H2,2-3H3;1,3-6H2,2H3;(H3,1,2,4,5);. The summed E-state index contributed by atoms with van der Waals surface area (Å²) in [6, 6.07) is 0. The molecule has 0 bridgehead atoms. The summed E-state index contributed by atoms with van der Waals surface area (Å²) in [5, 5.41) is 3.33. The Morgan fingerprint density at radius 1 is 1.00 bits per heavy atom. The van der Waals surface area contributed by atoms with Gasteiger partial charge in [-0.25, -0.2) is 0 Å². The molecule has 0 radical (unpaired) electrons. The summed E-state index contributed by atoms with van der Waals surface area (Å²) in [5.41, 5.74) is -3.11. The van der Waals surface area contributed by atoms with Crippen LogP contribution in [0.25, 0.3) is 0 Å². The number of unbranched alkanes of at least 4 members (excludes halogenated alkanes) is 5. The van der Waals surface area contributed by atoms with Crippen molar-refractivity contribution in [3.8, 4) is 0 Å². The van der Waals surface area contributed by atoms with Gasteiger partial charge in [0.05, 0.1) is 0 Å². The van der Waals surface area contributed by atoms with E-state index in [1.165, 1.54) is 38.5 Å². The summed E-state index contributed by atoms with van der Waals surface area (Å²) in [7, 11) is 0. The molecule has 20 heavy (non-hydrogen) atoms. The molecule has 0 spiro atoms. The van der Waals surface area contributed by atoms with Crippen LogP contribution in [-0.4, -0.2) is 9.79 Å². The van der Waals surface area contributed by atoms with E-state index in [1.54, 1.807) is 22.9 Å². The van der Waals surface area contributed by atoms with Gasteiger partial charge in [0.25, 0.3) is 0 Å². The van der Waals surface area contributed by atoms with Crippen LogP contribution in [0.15, 0.2) is 0 Å². The summed E-state index contributed by atoms with van der Waals surface area (Å²) in [5.74, 6) is 0.917. The Kier molecular flexibility index (Phi) is 20.1. The Morgan fingerprint density at radius 2 is 1.45 bits per heavy atom. The average Bonchev–Trinajstić information content (AvgIpc) is 2.29. The molecular weight excluding hydrogens is 361 g/mol. The minimum absolute atomic E-state index is 0.0636. The van der Waals surface area contributed by atoms with Crippen LogP contribution in [0.5, 0.6) is 0 Å². The first-order chi connectivity index (χ1) is 9.27. The zero-order valence-electron chi connectivity index (χ0n) is 13.6. The van der Waals surface area contributed by atoms with Gasteiger partial charge in [-0.15, -0.1) is 0 Å². The van der Waals surface area contributed by atoms with Crippen molar-refractivity contribution in [2.24, 2.45) is 5.92 Å². The van der Waals surface area contributed by atoms with Gasteiger partial charge in [0.2, 0.25) is 5.69 Å². The van der Waals surface area contributed by atoms with Crippen LogP contribution in [0.1, 0.15) is 72.1 Å². The molecule has 0 rings (SSSR count). The Bertz CT molecular complexity index is 227. The van der Waals surface area contributed by atoms with Crippen LogP contribution in [0.3, 0.4) is 0 Å². The first-order valence-electron chi connectivity index (χ1n) is 8.05. The summed E-state index contributed by atoms with van der Waals surface area (Å²) >= 11 is 7.01. The van der Waals surface area contributed by atoms with Gasteiger partial charge < -0.3 is 9.79 Å². The van der Waals surface area contributed by atoms with E-state index < -0.39 is 5.69 Å². The maximum atomic E-state index is 7.87. The normalized spacial score (nSPS) is 10.9. The third-order valence-electron chi connectivity index (χ3n) is 3.14. The van der Waals surface area contributed by atoms with Gasteiger partial charge in [-0.2, -0.15) is 0 Å². The molecule has 0 saturated carbocycles. The quantitative estimate of drug-likeness (QED) is 0.179. The van der Waals surface area contributed by atoms with E-state index in [9.17, 15) is 0 Å². The van der Waals surface area contributed by atoms with Gasteiger partial charge in [-0.05, 0) is 11.8 Å². The van der Waals surface area contributed by atoms with Crippen molar-refractivity contribution in [3.05, 3.63) is 0 Å². The van der Waals surface area contributed by atoms with E-state index in [0.717, 1.165) is 5.92 Å². The molecule has 0 aromatic carbocycles. The zero-order valence-corrected chi connectivity index (χ0v) is 19.1.